The summed E-state index contributed by atoms with van der Waals surface area (Å²) in [6.45, 7) is 15.9. The smallest absolute Gasteiger partial charge is 0.0200 e. The summed E-state index contributed by atoms with van der Waals surface area (Å²) in [5.74, 6) is 9.96. The van der Waals surface area contributed by atoms with Crippen LogP contribution in [0.3, 0.4) is 0 Å². The maximum absolute atomic E-state index is 3.27. The molecule has 4 unspecified atom stereocenters. The van der Waals surface area contributed by atoms with Gasteiger partial charge < -0.3 is 0 Å². The maximum atomic E-state index is 3.27. The summed E-state index contributed by atoms with van der Waals surface area (Å²) >= 11 is 0. The molecule has 0 aromatic carbocycles. The monoisotopic (exact) mass is 208 g/mol. The zero-order valence-corrected chi connectivity index (χ0v) is 11.6. The van der Waals surface area contributed by atoms with Gasteiger partial charge in [-0.3, -0.25) is 0 Å². The van der Waals surface area contributed by atoms with E-state index in [0.717, 1.165) is 17.8 Å². The molecule has 88 valence electrons. The van der Waals surface area contributed by atoms with E-state index in [1.165, 1.54) is 6.42 Å². The fourth-order valence-corrected chi connectivity index (χ4v) is 2.03. The van der Waals surface area contributed by atoms with Crippen molar-refractivity contribution in [1.82, 2.24) is 0 Å². The quantitative estimate of drug-likeness (QED) is 0.579. The summed E-state index contributed by atoms with van der Waals surface area (Å²) in [7, 11) is 0. The van der Waals surface area contributed by atoms with Crippen molar-refractivity contribution in [3.63, 3.8) is 0 Å². The first-order chi connectivity index (χ1) is 6.90. The minimum absolute atomic E-state index is 0.539. The molecule has 0 rings (SSSR count). The Balaban J connectivity index is 4.15. The second kappa shape index (κ2) is 6.94. The third-order valence-corrected chi connectivity index (χ3v) is 3.92. The van der Waals surface area contributed by atoms with Crippen LogP contribution >= 0.6 is 0 Å². The SMILES string of the molecule is CC#CC(C)C(C)CC(C)C(C)C(C)C. The Labute approximate surface area is 96.8 Å². The highest BCUT2D eigenvalue weighted by atomic mass is 14.2. The molecule has 0 amide bonds. The van der Waals surface area contributed by atoms with Crippen LogP contribution < -0.4 is 0 Å². The van der Waals surface area contributed by atoms with Gasteiger partial charge in [0.25, 0.3) is 0 Å². The summed E-state index contributed by atoms with van der Waals surface area (Å²) in [6.07, 6.45) is 1.30. The van der Waals surface area contributed by atoms with Crippen LogP contribution in [-0.2, 0) is 0 Å². The Morgan fingerprint density at radius 3 is 1.80 bits per heavy atom. The molecule has 0 radical (unpaired) electrons. The van der Waals surface area contributed by atoms with Crippen LogP contribution in [0.25, 0.3) is 0 Å². The van der Waals surface area contributed by atoms with Gasteiger partial charge in [0, 0.05) is 5.92 Å². The molecule has 0 aromatic heterocycles. The van der Waals surface area contributed by atoms with Crippen LogP contribution in [0.4, 0.5) is 0 Å². The van der Waals surface area contributed by atoms with E-state index < -0.39 is 0 Å². The van der Waals surface area contributed by atoms with Gasteiger partial charge in [-0.15, -0.1) is 11.8 Å². The fourth-order valence-electron chi connectivity index (χ4n) is 2.03. The molecule has 0 heteroatoms. The van der Waals surface area contributed by atoms with E-state index in [1.807, 2.05) is 6.92 Å². The summed E-state index contributed by atoms with van der Waals surface area (Å²) in [5.41, 5.74) is 0. The van der Waals surface area contributed by atoms with Crippen molar-refractivity contribution in [2.75, 3.05) is 0 Å². The lowest BCUT2D eigenvalue weighted by Gasteiger charge is -2.27. The molecular weight excluding hydrogens is 180 g/mol. The molecular formula is C15H28. The zero-order chi connectivity index (χ0) is 12.0. The lowest BCUT2D eigenvalue weighted by molar-refractivity contribution is 0.238. The largest absolute Gasteiger partial charge is 0.106 e. The zero-order valence-electron chi connectivity index (χ0n) is 11.6. The average Bonchev–Trinajstić information content (AvgIpc) is 2.16. The van der Waals surface area contributed by atoms with Crippen molar-refractivity contribution < 1.29 is 0 Å². The van der Waals surface area contributed by atoms with Gasteiger partial charge in [0.15, 0.2) is 0 Å². The van der Waals surface area contributed by atoms with E-state index in [1.54, 1.807) is 0 Å². The van der Waals surface area contributed by atoms with Gasteiger partial charge in [0.05, 0.1) is 0 Å². The summed E-state index contributed by atoms with van der Waals surface area (Å²) in [4.78, 5) is 0. The van der Waals surface area contributed by atoms with Gasteiger partial charge in [-0.1, -0.05) is 41.5 Å². The predicted octanol–water partition coefficient (Wildman–Crippen LogP) is 4.60. The third-order valence-electron chi connectivity index (χ3n) is 3.92. The Kier molecular flexibility index (Phi) is 6.73. The third kappa shape index (κ3) is 5.26. The van der Waals surface area contributed by atoms with E-state index in [4.69, 9.17) is 0 Å². The van der Waals surface area contributed by atoms with Crippen molar-refractivity contribution in [2.24, 2.45) is 29.6 Å². The molecule has 0 heterocycles. The second-order valence-electron chi connectivity index (χ2n) is 5.48. The fraction of sp³-hybridized carbons (Fsp3) is 0.867. The van der Waals surface area contributed by atoms with Crippen LogP contribution in [0.2, 0.25) is 0 Å². The Morgan fingerprint density at radius 1 is 0.867 bits per heavy atom. The minimum Gasteiger partial charge on any atom is -0.106 e. The highest BCUT2D eigenvalue weighted by Crippen LogP contribution is 2.28. The van der Waals surface area contributed by atoms with E-state index in [-0.39, 0.29) is 0 Å². The Morgan fingerprint density at radius 2 is 1.40 bits per heavy atom. The minimum atomic E-state index is 0.539. The lowest BCUT2D eigenvalue weighted by Crippen LogP contribution is -2.19. The molecule has 0 aliphatic carbocycles. The Bertz CT molecular complexity index is 216. The molecule has 4 atom stereocenters. The second-order valence-corrected chi connectivity index (χ2v) is 5.48. The molecule has 0 aromatic rings. The van der Waals surface area contributed by atoms with Crippen molar-refractivity contribution >= 4 is 0 Å². The van der Waals surface area contributed by atoms with E-state index in [2.05, 4.69) is 53.4 Å². The number of rotatable bonds is 5. The summed E-state index contributed by atoms with van der Waals surface area (Å²) in [5, 5.41) is 0. The van der Waals surface area contributed by atoms with E-state index in [9.17, 15) is 0 Å². The summed E-state index contributed by atoms with van der Waals surface area (Å²) < 4.78 is 0. The topological polar surface area (TPSA) is 0 Å². The van der Waals surface area contributed by atoms with Crippen molar-refractivity contribution in [1.29, 1.82) is 0 Å². The molecule has 0 fully saturated rings. The summed E-state index contributed by atoms with van der Waals surface area (Å²) in [6, 6.07) is 0. The van der Waals surface area contributed by atoms with Gasteiger partial charge in [0.1, 0.15) is 0 Å². The van der Waals surface area contributed by atoms with Crippen molar-refractivity contribution in [3.05, 3.63) is 0 Å². The van der Waals surface area contributed by atoms with Crippen LogP contribution in [-0.4, -0.2) is 0 Å². The molecule has 15 heavy (non-hydrogen) atoms. The highest BCUT2D eigenvalue weighted by molar-refractivity contribution is 5.00. The van der Waals surface area contributed by atoms with Crippen LogP contribution in [0, 0.1) is 41.4 Å². The van der Waals surface area contributed by atoms with Gasteiger partial charge in [0.2, 0.25) is 0 Å². The molecule has 0 N–H and O–H groups in total. The average molecular weight is 208 g/mol. The van der Waals surface area contributed by atoms with Crippen LogP contribution in [0.1, 0.15) is 54.9 Å². The van der Waals surface area contributed by atoms with Crippen molar-refractivity contribution in [3.8, 4) is 11.8 Å². The molecule has 0 aliphatic heterocycles. The predicted molar refractivity (Wildman–Crippen MR) is 69.6 cm³/mol. The van der Waals surface area contributed by atoms with E-state index in [0.29, 0.717) is 11.8 Å². The first-order valence-electron chi connectivity index (χ1n) is 6.32. The first kappa shape index (κ1) is 14.6. The van der Waals surface area contributed by atoms with Gasteiger partial charge in [-0.25, -0.2) is 0 Å². The molecule has 0 nitrogen and oxygen atoms in total. The van der Waals surface area contributed by atoms with Crippen molar-refractivity contribution in [2.45, 2.75) is 54.9 Å². The lowest BCUT2D eigenvalue weighted by atomic mass is 9.78. The molecule has 0 saturated heterocycles. The van der Waals surface area contributed by atoms with E-state index >= 15 is 0 Å². The van der Waals surface area contributed by atoms with Gasteiger partial charge >= 0.3 is 0 Å². The first-order valence-corrected chi connectivity index (χ1v) is 6.32. The molecule has 0 bridgehead atoms. The highest BCUT2D eigenvalue weighted by Gasteiger charge is 2.20. The van der Waals surface area contributed by atoms with Crippen LogP contribution in [0.15, 0.2) is 0 Å². The Hall–Kier alpha value is -0.440. The standard InChI is InChI=1S/C15H28/c1-8-9-12(4)13(5)10-14(6)15(7)11(2)3/h11-15H,10H2,1-7H3. The molecule has 0 saturated carbocycles. The normalized spacial score (nSPS) is 18.9. The van der Waals surface area contributed by atoms with Gasteiger partial charge in [-0.05, 0) is 37.0 Å². The van der Waals surface area contributed by atoms with Gasteiger partial charge in [-0.2, -0.15) is 0 Å². The maximum Gasteiger partial charge on any atom is 0.0200 e. The number of hydrogen-bond acceptors (Lipinski definition) is 0. The molecule has 0 spiro atoms. The molecule has 0 aliphatic rings. The number of hydrogen-bond donors (Lipinski definition) is 0. The van der Waals surface area contributed by atoms with Crippen LogP contribution in [0.5, 0.6) is 0 Å².